The number of amides is 1. The third-order valence-electron chi connectivity index (χ3n) is 5.46. The molecule has 2 aromatic heterocycles. The van der Waals surface area contributed by atoms with E-state index in [0.717, 1.165) is 27.2 Å². The van der Waals surface area contributed by atoms with E-state index < -0.39 is 0 Å². The second-order valence-corrected chi connectivity index (χ2v) is 8.91. The van der Waals surface area contributed by atoms with Crippen LogP contribution in [-0.2, 0) is 6.54 Å². The first-order valence-corrected chi connectivity index (χ1v) is 11.1. The highest BCUT2D eigenvalue weighted by Gasteiger charge is 2.25. The molecule has 2 aromatic carbocycles. The second-order valence-electron chi connectivity index (χ2n) is 7.88. The number of hydrogen-bond acceptors (Lipinski definition) is 5. The third kappa shape index (κ3) is 3.93. The zero-order chi connectivity index (χ0) is 22.2. The van der Waals surface area contributed by atoms with Crippen molar-refractivity contribution in [2.45, 2.75) is 19.6 Å². The van der Waals surface area contributed by atoms with Crippen LogP contribution in [0.15, 0.2) is 54.6 Å². The number of rotatable bonds is 5. The number of aryl methyl sites for hydroxylation is 1. The Balaban J connectivity index is 1.32. The Bertz CT molecular complexity index is 1280. The lowest BCUT2D eigenvalue weighted by molar-refractivity contribution is 0.0524. The first-order valence-electron chi connectivity index (χ1n) is 10.3. The van der Waals surface area contributed by atoms with Crippen molar-refractivity contribution in [2.75, 3.05) is 20.2 Å². The molecular formula is C24H22FN3O3S. The zero-order valence-electron chi connectivity index (χ0n) is 17.7. The second kappa shape index (κ2) is 8.27. The summed E-state index contributed by atoms with van der Waals surface area (Å²) in [5.74, 6) is 1.09. The number of hydrogen-bond donors (Lipinski definition) is 0. The number of para-hydroxylation sites is 2. The molecule has 164 valence electrons. The van der Waals surface area contributed by atoms with Crippen LogP contribution in [0.1, 0.15) is 20.9 Å². The van der Waals surface area contributed by atoms with E-state index in [4.69, 9.17) is 9.47 Å². The number of benzene rings is 2. The molecule has 1 amide bonds. The normalized spacial score (nSPS) is 15.2. The molecule has 1 aliphatic heterocycles. The summed E-state index contributed by atoms with van der Waals surface area (Å²) in [6, 6.07) is 15.8. The molecule has 0 N–H and O–H groups in total. The number of carbonyl (C=O) groups excluding carboxylic acids is 1. The van der Waals surface area contributed by atoms with E-state index in [1.165, 1.54) is 23.5 Å². The molecule has 0 saturated heterocycles. The van der Waals surface area contributed by atoms with Gasteiger partial charge in [0.05, 0.1) is 23.7 Å². The van der Waals surface area contributed by atoms with Gasteiger partial charge in [-0.05, 0) is 42.8 Å². The van der Waals surface area contributed by atoms with Crippen LogP contribution in [0.3, 0.4) is 0 Å². The van der Waals surface area contributed by atoms with Gasteiger partial charge in [0.1, 0.15) is 17.3 Å². The van der Waals surface area contributed by atoms with Crippen molar-refractivity contribution in [3.05, 3.63) is 76.5 Å². The summed E-state index contributed by atoms with van der Waals surface area (Å²) >= 11 is 1.42. The topological polar surface area (TPSA) is 56.6 Å². The number of likely N-dealkylation sites (N-methyl/N-ethyl adjacent to an activating group) is 1. The zero-order valence-corrected chi connectivity index (χ0v) is 18.6. The summed E-state index contributed by atoms with van der Waals surface area (Å²) in [5, 5.41) is 5.56. The minimum Gasteiger partial charge on any atom is -0.486 e. The summed E-state index contributed by atoms with van der Waals surface area (Å²) in [7, 11) is 1.77. The summed E-state index contributed by atoms with van der Waals surface area (Å²) in [6.45, 7) is 3.26. The molecule has 8 heteroatoms. The molecular weight excluding hydrogens is 429 g/mol. The summed E-state index contributed by atoms with van der Waals surface area (Å²) in [4.78, 5) is 16.4. The van der Waals surface area contributed by atoms with Gasteiger partial charge in [0.15, 0.2) is 17.6 Å². The largest absolute Gasteiger partial charge is 0.486 e. The van der Waals surface area contributed by atoms with Gasteiger partial charge in [0.2, 0.25) is 0 Å². The highest BCUT2D eigenvalue weighted by Crippen LogP contribution is 2.32. The van der Waals surface area contributed by atoms with Gasteiger partial charge in [-0.3, -0.25) is 9.48 Å². The molecule has 0 fully saturated rings. The fourth-order valence-corrected chi connectivity index (χ4v) is 4.97. The van der Waals surface area contributed by atoms with E-state index in [-0.39, 0.29) is 17.8 Å². The predicted octanol–water partition coefficient (Wildman–Crippen LogP) is 4.51. The SMILES string of the molecule is Cc1nn(Cc2ccc(F)cc2)c2sc(C(=O)N(C)C[C@H]3COc4ccccc4O3)cc12. The van der Waals surface area contributed by atoms with Crippen LogP contribution in [0.4, 0.5) is 4.39 Å². The monoisotopic (exact) mass is 451 g/mol. The average Bonchev–Trinajstić information content (AvgIpc) is 3.36. The van der Waals surface area contributed by atoms with E-state index in [1.54, 1.807) is 24.1 Å². The fraction of sp³-hybridized carbons (Fsp3) is 0.250. The van der Waals surface area contributed by atoms with E-state index >= 15 is 0 Å². The van der Waals surface area contributed by atoms with Crippen LogP contribution in [-0.4, -0.2) is 46.9 Å². The predicted molar refractivity (Wildman–Crippen MR) is 121 cm³/mol. The Morgan fingerprint density at radius 3 is 2.75 bits per heavy atom. The maximum atomic E-state index is 13.2. The van der Waals surface area contributed by atoms with E-state index in [1.807, 2.05) is 41.9 Å². The Labute approximate surface area is 188 Å². The third-order valence-corrected chi connectivity index (χ3v) is 6.59. The number of fused-ring (bicyclic) bond motifs is 2. The molecule has 0 unspecified atom stereocenters. The molecule has 0 spiro atoms. The van der Waals surface area contributed by atoms with Crippen molar-refractivity contribution in [3.63, 3.8) is 0 Å². The van der Waals surface area contributed by atoms with Crippen molar-refractivity contribution in [1.82, 2.24) is 14.7 Å². The van der Waals surface area contributed by atoms with Gasteiger partial charge in [-0.25, -0.2) is 4.39 Å². The van der Waals surface area contributed by atoms with Crippen LogP contribution < -0.4 is 9.47 Å². The molecule has 1 atom stereocenters. The van der Waals surface area contributed by atoms with Crippen LogP contribution in [0.2, 0.25) is 0 Å². The van der Waals surface area contributed by atoms with Crippen LogP contribution in [0, 0.1) is 12.7 Å². The Morgan fingerprint density at radius 1 is 1.22 bits per heavy atom. The first kappa shape index (κ1) is 20.5. The molecule has 1 aliphatic rings. The minimum atomic E-state index is -0.265. The molecule has 3 heterocycles. The smallest absolute Gasteiger partial charge is 0.263 e. The lowest BCUT2D eigenvalue weighted by Crippen LogP contribution is -2.41. The fourth-order valence-electron chi connectivity index (χ4n) is 3.82. The van der Waals surface area contributed by atoms with Gasteiger partial charge < -0.3 is 14.4 Å². The highest BCUT2D eigenvalue weighted by atomic mass is 32.1. The Morgan fingerprint density at radius 2 is 1.97 bits per heavy atom. The number of ether oxygens (including phenoxy) is 2. The van der Waals surface area contributed by atoms with Crippen LogP contribution >= 0.6 is 11.3 Å². The lowest BCUT2D eigenvalue weighted by Gasteiger charge is -2.29. The van der Waals surface area contributed by atoms with Gasteiger partial charge in [-0.15, -0.1) is 11.3 Å². The number of nitrogens with zero attached hydrogens (tertiary/aromatic N) is 3. The molecule has 0 saturated carbocycles. The van der Waals surface area contributed by atoms with Gasteiger partial charge in [0, 0.05) is 12.4 Å². The van der Waals surface area contributed by atoms with E-state index in [9.17, 15) is 9.18 Å². The van der Waals surface area contributed by atoms with Crippen molar-refractivity contribution in [2.24, 2.45) is 0 Å². The van der Waals surface area contributed by atoms with Crippen molar-refractivity contribution in [1.29, 1.82) is 0 Å². The summed E-state index contributed by atoms with van der Waals surface area (Å²) in [6.07, 6.45) is -0.232. The highest BCUT2D eigenvalue weighted by molar-refractivity contribution is 7.20. The molecule has 32 heavy (non-hydrogen) atoms. The molecule has 6 nitrogen and oxygen atoms in total. The summed E-state index contributed by atoms with van der Waals surface area (Å²) < 4.78 is 26.8. The number of carbonyl (C=O) groups is 1. The van der Waals surface area contributed by atoms with Crippen molar-refractivity contribution < 1.29 is 18.7 Å². The van der Waals surface area contributed by atoms with Gasteiger partial charge in [0.25, 0.3) is 5.91 Å². The average molecular weight is 452 g/mol. The number of aromatic nitrogens is 2. The Hall–Kier alpha value is -3.39. The molecule has 0 bridgehead atoms. The first-order chi connectivity index (χ1) is 15.5. The van der Waals surface area contributed by atoms with Gasteiger partial charge in [-0.1, -0.05) is 24.3 Å². The standard InChI is InChI=1S/C24H22FN3O3S/c1-15-19-11-22(32-24(19)28(26-15)12-16-7-9-17(25)10-8-16)23(29)27(2)13-18-14-30-20-5-3-4-6-21(20)31-18/h3-11,18H,12-14H2,1-2H3/t18-/m0/s1. The molecule has 0 aliphatic carbocycles. The molecule has 5 rings (SSSR count). The van der Waals surface area contributed by atoms with Gasteiger partial charge in [-0.2, -0.15) is 5.10 Å². The minimum absolute atomic E-state index is 0.0682. The molecule has 0 radical (unpaired) electrons. The van der Waals surface area contributed by atoms with Crippen molar-refractivity contribution in [3.8, 4) is 11.5 Å². The number of halogens is 1. The summed E-state index contributed by atoms with van der Waals surface area (Å²) in [5.41, 5.74) is 1.81. The quantitative estimate of drug-likeness (QED) is 0.448. The number of thiophene rings is 1. The van der Waals surface area contributed by atoms with E-state index in [2.05, 4.69) is 5.10 Å². The molecule has 4 aromatic rings. The van der Waals surface area contributed by atoms with Crippen LogP contribution in [0.25, 0.3) is 10.2 Å². The van der Waals surface area contributed by atoms with E-state index in [0.29, 0.717) is 30.3 Å². The maximum Gasteiger partial charge on any atom is 0.263 e. The maximum absolute atomic E-state index is 13.2. The lowest BCUT2D eigenvalue weighted by atomic mass is 10.2. The Kier molecular flexibility index (Phi) is 5.30. The van der Waals surface area contributed by atoms with Gasteiger partial charge >= 0.3 is 0 Å². The van der Waals surface area contributed by atoms with Crippen LogP contribution in [0.5, 0.6) is 11.5 Å². The van der Waals surface area contributed by atoms with Crippen molar-refractivity contribution >= 4 is 27.5 Å².